The minimum atomic E-state index is -0.376. The van der Waals surface area contributed by atoms with Crippen LogP contribution in [0.1, 0.15) is 24.7 Å². The summed E-state index contributed by atoms with van der Waals surface area (Å²) in [5.74, 6) is 1.10. The number of rotatable bonds is 6. The third-order valence-corrected chi connectivity index (χ3v) is 3.06. The Kier molecular flexibility index (Phi) is 4.28. The normalized spacial score (nSPS) is 10.6. The van der Waals surface area contributed by atoms with Crippen LogP contribution in [-0.4, -0.2) is 14.5 Å². The molecule has 0 aliphatic heterocycles. The Balaban J connectivity index is 1.98. The van der Waals surface area contributed by atoms with Crippen molar-refractivity contribution in [3.05, 3.63) is 58.2 Å². The fourth-order valence-electron chi connectivity index (χ4n) is 2.03. The van der Waals surface area contributed by atoms with E-state index < -0.39 is 0 Å². The van der Waals surface area contributed by atoms with Gasteiger partial charge in [-0.1, -0.05) is 19.1 Å². The lowest BCUT2D eigenvalue weighted by atomic mass is 10.1. The molecule has 0 unspecified atom stereocenters. The zero-order valence-corrected chi connectivity index (χ0v) is 11.0. The first kappa shape index (κ1) is 13.3. The monoisotopic (exact) mass is 259 g/mol. The van der Waals surface area contributed by atoms with Gasteiger partial charge in [0.05, 0.1) is 4.92 Å². The van der Waals surface area contributed by atoms with Crippen LogP contribution < -0.4 is 0 Å². The first-order valence-corrected chi connectivity index (χ1v) is 6.44. The molecule has 0 N–H and O–H groups in total. The number of hydrogen-bond donors (Lipinski definition) is 0. The molecule has 19 heavy (non-hydrogen) atoms. The van der Waals surface area contributed by atoms with E-state index in [4.69, 9.17) is 0 Å². The van der Waals surface area contributed by atoms with E-state index in [9.17, 15) is 10.1 Å². The lowest BCUT2D eigenvalue weighted by Gasteiger charge is -2.07. The van der Waals surface area contributed by atoms with Crippen LogP contribution in [0.15, 0.2) is 36.7 Å². The molecule has 0 saturated carbocycles. The number of nitro benzene ring substituents is 1. The van der Waals surface area contributed by atoms with Crippen molar-refractivity contribution in [1.82, 2.24) is 9.55 Å². The predicted molar refractivity (Wildman–Crippen MR) is 73.0 cm³/mol. The SMILES string of the molecule is CCCc1nccn1CCc1ccc([N+](=O)[O-])cc1. The minimum Gasteiger partial charge on any atom is -0.335 e. The molecule has 2 rings (SSSR count). The van der Waals surface area contributed by atoms with Crippen molar-refractivity contribution in [3.63, 3.8) is 0 Å². The van der Waals surface area contributed by atoms with Crippen LogP contribution in [-0.2, 0) is 19.4 Å². The van der Waals surface area contributed by atoms with Crippen molar-refractivity contribution in [2.75, 3.05) is 0 Å². The van der Waals surface area contributed by atoms with Crippen molar-refractivity contribution in [1.29, 1.82) is 0 Å². The van der Waals surface area contributed by atoms with Gasteiger partial charge in [-0.15, -0.1) is 0 Å². The summed E-state index contributed by atoms with van der Waals surface area (Å²) in [6.45, 7) is 2.99. The number of nitrogens with zero attached hydrogens (tertiary/aromatic N) is 3. The third kappa shape index (κ3) is 3.40. The first-order chi connectivity index (χ1) is 9.20. The molecule has 0 aliphatic carbocycles. The van der Waals surface area contributed by atoms with Crippen LogP contribution >= 0.6 is 0 Å². The average molecular weight is 259 g/mol. The molecule has 5 nitrogen and oxygen atoms in total. The second kappa shape index (κ2) is 6.13. The van der Waals surface area contributed by atoms with Gasteiger partial charge < -0.3 is 4.57 Å². The van der Waals surface area contributed by atoms with Crippen molar-refractivity contribution < 1.29 is 4.92 Å². The summed E-state index contributed by atoms with van der Waals surface area (Å²) in [6.07, 6.45) is 6.71. The Morgan fingerprint density at radius 1 is 1.26 bits per heavy atom. The Bertz CT molecular complexity index is 546. The zero-order valence-electron chi connectivity index (χ0n) is 11.0. The largest absolute Gasteiger partial charge is 0.335 e. The molecule has 0 atom stereocenters. The summed E-state index contributed by atoms with van der Waals surface area (Å²) in [5, 5.41) is 10.6. The molecule has 1 aromatic carbocycles. The van der Waals surface area contributed by atoms with Crippen LogP contribution in [0.2, 0.25) is 0 Å². The van der Waals surface area contributed by atoms with Crippen LogP contribution in [0.4, 0.5) is 5.69 Å². The molecule has 5 heteroatoms. The average Bonchev–Trinajstić information content (AvgIpc) is 2.85. The van der Waals surface area contributed by atoms with Gasteiger partial charge in [-0.2, -0.15) is 0 Å². The summed E-state index contributed by atoms with van der Waals surface area (Å²) < 4.78 is 2.14. The Labute approximate surface area is 112 Å². The smallest absolute Gasteiger partial charge is 0.269 e. The van der Waals surface area contributed by atoms with E-state index in [2.05, 4.69) is 16.5 Å². The number of imidazole rings is 1. The molecule has 2 aromatic rings. The maximum absolute atomic E-state index is 10.6. The van der Waals surface area contributed by atoms with E-state index in [0.29, 0.717) is 0 Å². The van der Waals surface area contributed by atoms with E-state index in [1.807, 2.05) is 24.5 Å². The second-order valence-corrected chi connectivity index (χ2v) is 4.46. The topological polar surface area (TPSA) is 61.0 Å². The number of hydrogen-bond acceptors (Lipinski definition) is 3. The van der Waals surface area contributed by atoms with Crippen LogP contribution in [0.3, 0.4) is 0 Å². The maximum Gasteiger partial charge on any atom is 0.269 e. The number of aromatic nitrogens is 2. The lowest BCUT2D eigenvalue weighted by Crippen LogP contribution is -2.05. The third-order valence-electron chi connectivity index (χ3n) is 3.06. The zero-order chi connectivity index (χ0) is 13.7. The van der Waals surface area contributed by atoms with Crippen molar-refractivity contribution in [2.45, 2.75) is 32.7 Å². The Morgan fingerprint density at radius 2 is 2.00 bits per heavy atom. The van der Waals surface area contributed by atoms with Gasteiger partial charge in [-0.05, 0) is 18.4 Å². The summed E-state index contributed by atoms with van der Waals surface area (Å²) in [7, 11) is 0. The van der Waals surface area contributed by atoms with Gasteiger partial charge in [0.1, 0.15) is 5.82 Å². The van der Waals surface area contributed by atoms with Gasteiger partial charge in [-0.25, -0.2) is 4.98 Å². The minimum absolute atomic E-state index is 0.137. The molecule has 0 radical (unpaired) electrons. The van der Waals surface area contributed by atoms with E-state index in [-0.39, 0.29) is 10.6 Å². The number of non-ortho nitro benzene ring substituents is 1. The molecule has 0 amide bonds. The van der Waals surface area contributed by atoms with Crippen molar-refractivity contribution >= 4 is 5.69 Å². The fraction of sp³-hybridized carbons (Fsp3) is 0.357. The maximum atomic E-state index is 10.6. The molecule has 0 bridgehead atoms. The van der Waals surface area contributed by atoms with Gasteiger partial charge >= 0.3 is 0 Å². The predicted octanol–water partition coefficient (Wildman–Crippen LogP) is 2.99. The summed E-state index contributed by atoms with van der Waals surface area (Å²) in [6, 6.07) is 6.73. The van der Waals surface area contributed by atoms with E-state index >= 15 is 0 Å². The van der Waals surface area contributed by atoms with E-state index in [1.165, 1.54) is 0 Å². The van der Waals surface area contributed by atoms with Gasteiger partial charge in [0.2, 0.25) is 0 Å². The molecular formula is C14H17N3O2. The highest BCUT2D eigenvalue weighted by Gasteiger charge is 2.05. The molecule has 0 fully saturated rings. The highest BCUT2D eigenvalue weighted by molar-refractivity contribution is 5.32. The van der Waals surface area contributed by atoms with Gasteiger partial charge in [0.15, 0.2) is 0 Å². The molecule has 0 aliphatic rings. The molecule has 0 saturated heterocycles. The number of nitro groups is 1. The number of aryl methyl sites for hydroxylation is 3. The van der Waals surface area contributed by atoms with Gasteiger partial charge in [0.25, 0.3) is 5.69 Å². The summed E-state index contributed by atoms with van der Waals surface area (Å²) in [5.41, 5.74) is 1.24. The Morgan fingerprint density at radius 3 is 2.63 bits per heavy atom. The lowest BCUT2D eigenvalue weighted by molar-refractivity contribution is -0.384. The Hall–Kier alpha value is -2.17. The highest BCUT2D eigenvalue weighted by Crippen LogP contribution is 2.13. The quantitative estimate of drug-likeness (QED) is 0.592. The highest BCUT2D eigenvalue weighted by atomic mass is 16.6. The van der Waals surface area contributed by atoms with Crippen LogP contribution in [0.25, 0.3) is 0 Å². The van der Waals surface area contributed by atoms with Crippen molar-refractivity contribution in [3.8, 4) is 0 Å². The molecule has 100 valence electrons. The van der Waals surface area contributed by atoms with Gasteiger partial charge in [0, 0.05) is 37.5 Å². The van der Waals surface area contributed by atoms with Crippen LogP contribution in [0, 0.1) is 10.1 Å². The molecule has 1 aromatic heterocycles. The van der Waals surface area contributed by atoms with Gasteiger partial charge in [-0.3, -0.25) is 10.1 Å². The molecule has 0 spiro atoms. The van der Waals surface area contributed by atoms with E-state index in [0.717, 1.165) is 37.2 Å². The van der Waals surface area contributed by atoms with Crippen molar-refractivity contribution in [2.24, 2.45) is 0 Å². The number of benzene rings is 1. The van der Waals surface area contributed by atoms with Crippen LogP contribution in [0.5, 0.6) is 0 Å². The van der Waals surface area contributed by atoms with E-state index in [1.54, 1.807) is 12.1 Å². The first-order valence-electron chi connectivity index (χ1n) is 6.44. The second-order valence-electron chi connectivity index (χ2n) is 4.46. The summed E-state index contributed by atoms with van der Waals surface area (Å²) in [4.78, 5) is 14.5. The molecule has 1 heterocycles. The fourth-order valence-corrected chi connectivity index (χ4v) is 2.03. The standard InChI is InChI=1S/C14H17N3O2/c1-2-3-14-15-9-11-16(14)10-8-12-4-6-13(7-5-12)17(18)19/h4-7,9,11H,2-3,8,10H2,1H3. The molecular weight excluding hydrogens is 242 g/mol. The summed E-state index contributed by atoms with van der Waals surface area (Å²) >= 11 is 0.